The number of hydrogen-bond donors (Lipinski definition) is 2. The van der Waals surface area contributed by atoms with Crippen LogP contribution < -0.4 is 5.32 Å². The molecule has 1 aliphatic heterocycles. The zero-order valence-corrected chi connectivity index (χ0v) is 11.3. The van der Waals surface area contributed by atoms with Gasteiger partial charge in [0.25, 0.3) is 5.91 Å². The van der Waals surface area contributed by atoms with Gasteiger partial charge in [0.15, 0.2) is 6.10 Å². The maximum Gasteiger partial charge on any atom is 0.253 e. The molecule has 2 N–H and O–H groups in total. The molecule has 1 aromatic carbocycles. The van der Waals surface area contributed by atoms with Crippen molar-refractivity contribution in [2.75, 3.05) is 13.2 Å². The van der Waals surface area contributed by atoms with Gasteiger partial charge >= 0.3 is 0 Å². The third-order valence-electron chi connectivity index (χ3n) is 3.42. The number of ether oxygens (including phenoxy) is 1. The molecule has 0 spiro atoms. The smallest absolute Gasteiger partial charge is 0.253 e. The van der Waals surface area contributed by atoms with Crippen molar-refractivity contribution in [1.29, 1.82) is 0 Å². The zero-order valence-electron chi connectivity index (χ0n) is 11.3. The predicted octanol–water partition coefficient (Wildman–Crippen LogP) is 1.58. The van der Waals surface area contributed by atoms with Crippen molar-refractivity contribution < 1.29 is 14.6 Å². The number of hydrogen-bond acceptors (Lipinski definition) is 3. The summed E-state index contributed by atoms with van der Waals surface area (Å²) in [5.41, 5.74) is 2.16. The van der Waals surface area contributed by atoms with Crippen LogP contribution in [0.4, 0.5) is 0 Å². The molecular formula is C15H21NO3. The summed E-state index contributed by atoms with van der Waals surface area (Å²) in [6.07, 6.45) is 1.83. The molecule has 1 aliphatic rings. The lowest BCUT2D eigenvalue weighted by Gasteiger charge is -2.26. The number of rotatable bonds is 5. The van der Waals surface area contributed by atoms with E-state index in [9.17, 15) is 4.79 Å². The highest BCUT2D eigenvalue weighted by Gasteiger charge is 2.27. The van der Waals surface area contributed by atoms with E-state index in [0.717, 1.165) is 18.4 Å². The molecule has 104 valence electrons. The number of amides is 1. The zero-order chi connectivity index (χ0) is 13.7. The van der Waals surface area contributed by atoms with Gasteiger partial charge < -0.3 is 15.2 Å². The van der Waals surface area contributed by atoms with Gasteiger partial charge in [-0.05, 0) is 37.3 Å². The Kier molecular flexibility index (Phi) is 4.93. The number of carbonyl (C=O) groups excluding carboxylic acids is 1. The molecule has 1 amide bonds. The lowest BCUT2D eigenvalue weighted by Crippen LogP contribution is -2.39. The Bertz CT molecular complexity index is 433. The molecular weight excluding hydrogens is 242 g/mol. The van der Waals surface area contributed by atoms with Crippen LogP contribution in [0.15, 0.2) is 24.3 Å². The first-order valence-corrected chi connectivity index (χ1v) is 6.83. The summed E-state index contributed by atoms with van der Waals surface area (Å²) in [5.74, 6) is -0.0856. The first-order chi connectivity index (χ1) is 9.22. The van der Waals surface area contributed by atoms with Gasteiger partial charge in [-0.3, -0.25) is 4.79 Å². The normalized spacial score (nSPS) is 19.6. The Labute approximate surface area is 113 Å². The van der Waals surface area contributed by atoms with Crippen LogP contribution in [0.2, 0.25) is 0 Å². The molecule has 19 heavy (non-hydrogen) atoms. The summed E-state index contributed by atoms with van der Waals surface area (Å²) in [4.78, 5) is 12.2. The summed E-state index contributed by atoms with van der Waals surface area (Å²) >= 11 is 0. The van der Waals surface area contributed by atoms with E-state index >= 15 is 0 Å². The van der Waals surface area contributed by atoms with E-state index in [4.69, 9.17) is 9.84 Å². The van der Waals surface area contributed by atoms with E-state index in [1.54, 1.807) is 0 Å². The fourth-order valence-corrected chi connectivity index (χ4v) is 2.40. The van der Waals surface area contributed by atoms with Crippen molar-refractivity contribution in [3.63, 3.8) is 0 Å². The molecule has 2 atom stereocenters. The van der Waals surface area contributed by atoms with Crippen molar-refractivity contribution in [1.82, 2.24) is 5.32 Å². The third-order valence-corrected chi connectivity index (χ3v) is 3.42. The summed E-state index contributed by atoms with van der Waals surface area (Å²) in [6, 6.07) is 7.98. The van der Waals surface area contributed by atoms with Crippen molar-refractivity contribution in [3.8, 4) is 0 Å². The highest BCUT2D eigenvalue weighted by Crippen LogP contribution is 2.27. The van der Waals surface area contributed by atoms with E-state index in [0.29, 0.717) is 13.0 Å². The molecule has 4 heteroatoms. The van der Waals surface area contributed by atoms with E-state index < -0.39 is 6.10 Å². The standard InChI is InChI=1S/C15H21NO3/c1-11(5-4-9-17)16-15(18)14-13-7-3-2-6-12(13)8-10-19-14/h2-3,6-7,11,14,17H,4-5,8-10H2,1H3,(H,16,18). The fraction of sp³-hybridized carbons (Fsp3) is 0.533. The first kappa shape index (κ1) is 14.0. The Balaban J connectivity index is 2.00. The van der Waals surface area contributed by atoms with Gasteiger partial charge in [0.05, 0.1) is 6.61 Å². The third kappa shape index (κ3) is 3.55. The van der Waals surface area contributed by atoms with Crippen LogP contribution in [0.5, 0.6) is 0 Å². The summed E-state index contributed by atoms with van der Waals surface area (Å²) in [5, 5.41) is 11.7. The first-order valence-electron chi connectivity index (χ1n) is 6.83. The number of nitrogens with one attached hydrogen (secondary N) is 1. The van der Waals surface area contributed by atoms with Gasteiger partial charge in [-0.1, -0.05) is 24.3 Å². The molecule has 4 nitrogen and oxygen atoms in total. The van der Waals surface area contributed by atoms with Crippen LogP contribution >= 0.6 is 0 Å². The van der Waals surface area contributed by atoms with Crippen molar-refractivity contribution in [2.24, 2.45) is 0 Å². The Morgan fingerprint density at radius 1 is 1.53 bits per heavy atom. The molecule has 0 fully saturated rings. The second kappa shape index (κ2) is 6.68. The van der Waals surface area contributed by atoms with Crippen molar-refractivity contribution >= 4 is 5.91 Å². The van der Waals surface area contributed by atoms with E-state index in [2.05, 4.69) is 5.32 Å². The van der Waals surface area contributed by atoms with Crippen LogP contribution in [0.25, 0.3) is 0 Å². The summed E-state index contributed by atoms with van der Waals surface area (Å²) in [7, 11) is 0. The molecule has 2 rings (SSSR count). The number of benzene rings is 1. The molecule has 1 aromatic rings. The van der Waals surface area contributed by atoms with Crippen LogP contribution in [0.3, 0.4) is 0 Å². The van der Waals surface area contributed by atoms with Crippen molar-refractivity contribution in [3.05, 3.63) is 35.4 Å². The van der Waals surface area contributed by atoms with E-state index in [-0.39, 0.29) is 18.6 Å². The van der Waals surface area contributed by atoms with Gasteiger partial charge in [0.2, 0.25) is 0 Å². The minimum absolute atomic E-state index is 0.0531. The van der Waals surface area contributed by atoms with Gasteiger partial charge in [-0.25, -0.2) is 0 Å². The summed E-state index contributed by atoms with van der Waals surface area (Å²) < 4.78 is 5.61. The lowest BCUT2D eigenvalue weighted by molar-refractivity contribution is -0.134. The highest BCUT2D eigenvalue weighted by molar-refractivity contribution is 5.83. The number of aliphatic hydroxyl groups excluding tert-OH is 1. The molecule has 0 radical (unpaired) electrons. The average molecular weight is 263 g/mol. The largest absolute Gasteiger partial charge is 0.396 e. The van der Waals surface area contributed by atoms with Gasteiger partial charge in [0.1, 0.15) is 0 Å². The predicted molar refractivity (Wildman–Crippen MR) is 72.8 cm³/mol. The lowest BCUT2D eigenvalue weighted by atomic mass is 9.97. The van der Waals surface area contributed by atoms with E-state index in [1.165, 1.54) is 5.56 Å². The highest BCUT2D eigenvalue weighted by atomic mass is 16.5. The fourth-order valence-electron chi connectivity index (χ4n) is 2.40. The van der Waals surface area contributed by atoms with Crippen LogP contribution in [-0.2, 0) is 16.0 Å². The molecule has 1 heterocycles. The second-order valence-electron chi connectivity index (χ2n) is 4.98. The molecule has 0 bridgehead atoms. The van der Waals surface area contributed by atoms with Gasteiger partial charge in [0, 0.05) is 12.6 Å². The maximum atomic E-state index is 12.2. The average Bonchev–Trinajstić information content (AvgIpc) is 2.44. The minimum Gasteiger partial charge on any atom is -0.396 e. The quantitative estimate of drug-likeness (QED) is 0.848. The minimum atomic E-state index is -0.499. The number of fused-ring (bicyclic) bond motifs is 1. The Hall–Kier alpha value is -1.39. The molecule has 2 unspecified atom stereocenters. The summed E-state index contributed by atoms with van der Waals surface area (Å²) in [6.45, 7) is 2.69. The Morgan fingerprint density at radius 2 is 2.32 bits per heavy atom. The van der Waals surface area contributed by atoms with Crippen LogP contribution in [0.1, 0.15) is 37.0 Å². The van der Waals surface area contributed by atoms with Crippen LogP contribution in [0, 0.1) is 0 Å². The van der Waals surface area contributed by atoms with Gasteiger partial charge in [-0.15, -0.1) is 0 Å². The molecule has 0 saturated carbocycles. The monoisotopic (exact) mass is 263 g/mol. The van der Waals surface area contributed by atoms with E-state index in [1.807, 2.05) is 31.2 Å². The topological polar surface area (TPSA) is 58.6 Å². The maximum absolute atomic E-state index is 12.2. The molecule has 0 aromatic heterocycles. The molecule has 0 saturated heterocycles. The SMILES string of the molecule is CC(CCCO)NC(=O)C1OCCc2ccccc21. The second-order valence-corrected chi connectivity index (χ2v) is 4.98. The van der Waals surface area contributed by atoms with Crippen molar-refractivity contribution in [2.45, 2.75) is 38.3 Å². The Morgan fingerprint density at radius 3 is 3.11 bits per heavy atom. The number of carbonyl (C=O) groups is 1. The molecule has 0 aliphatic carbocycles. The van der Waals surface area contributed by atoms with Crippen LogP contribution in [-0.4, -0.2) is 30.3 Å². The van der Waals surface area contributed by atoms with Gasteiger partial charge in [-0.2, -0.15) is 0 Å². The number of aliphatic hydroxyl groups is 1.